The molecule has 0 saturated carbocycles. The van der Waals surface area contributed by atoms with Crippen LogP contribution in [0, 0.1) is 4.91 Å². The highest BCUT2D eigenvalue weighted by molar-refractivity contribution is 5.36. The molecule has 0 fully saturated rings. The van der Waals surface area contributed by atoms with Crippen molar-refractivity contribution < 1.29 is 14.4 Å². The molecule has 0 rings (SSSR count). The van der Waals surface area contributed by atoms with Gasteiger partial charge in [-0.3, -0.25) is 4.79 Å². The van der Waals surface area contributed by atoms with E-state index >= 15 is 0 Å². The van der Waals surface area contributed by atoms with Gasteiger partial charge in [0.15, 0.2) is 5.34 Å². The van der Waals surface area contributed by atoms with Crippen molar-refractivity contribution in [3.05, 3.63) is 4.91 Å². The summed E-state index contributed by atoms with van der Waals surface area (Å²) in [7, 11) is 0. The third-order valence-electron chi connectivity index (χ3n) is 0.619. The van der Waals surface area contributed by atoms with E-state index in [0.29, 0.717) is 12.9 Å². The predicted octanol–water partition coefficient (Wildman–Crippen LogP) is 0.247. The molecule has 0 aliphatic carbocycles. The van der Waals surface area contributed by atoms with E-state index in [1.165, 1.54) is 0 Å². The SMILES string of the molecule is O=COCCCON=O. The van der Waals surface area contributed by atoms with Gasteiger partial charge in [0.25, 0.3) is 6.47 Å². The summed E-state index contributed by atoms with van der Waals surface area (Å²) in [6, 6.07) is 0. The number of hydrogen-bond donors (Lipinski definition) is 0. The minimum Gasteiger partial charge on any atom is -0.468 e. The van der Waals surface area contributed by atoms with Crippen LogP contribution in [0.5, 0.6) is 0 Å². The highest BCUT2D eigenvalue weighted by Gasteiger charge is 1.85. The van der Waals surface area contributed by atoms with E-state index in [9.17, 15) is 9.70 Å². The molecule has 0 aromatic heterocycles. The van der Waals surface area contributed by atoms with Gasteiger partial charge < -0.3 is 9.57 Å². The fourth-order valence-corrected chi connectivity index (χ4v) is 0.292. The van der Waals surface area contributed by atoms with Crippen molar-refractivity contribution >= 4 is 6.47 Å². The van der Waals surface area contributed by atoms with Gasteiger partial charge in [0.1, 0.15) is 6.61 Å². The van der Waals surface area contributed by atoms with E-state index in [-0.39, 0.29) is 13.2 Å². The number of hydrogen-bond acceptors (Lipinski definition) is 5. The molecule has 0 bridgehead atoms. The quantitative estimate of drug-likeness (QED) is 0.225. The Labute approximate surface area is 51.9 Å². The fraction of sp³-hybridized carbons (Fsp3) is 0.750. The molecule has 52 valence electrons. The molecular weight excluding hydrogens is 126 g/mol. The molecule has 0 aromatic carbocycles. The zero-order valence-electron chi connectivity index (χ0n) is 4.78. The van der Waals surface area contributed by atoms with E-state index in [1.54, 1.807) is 0 Å². The largest absolute Gasteiger partial charge is 0.468 e. The molecule has 0 unspecified atom stereocenters. The lowest BCUT2D eigenvalue weighted by atomic mass is 10.5. The Morgan fingerprint density at radius 2 is 2.22 bits per heavy atom. The fourth-order valence-electron chi connectivity index (χ4n) is 0.292. The molecule has 0 radical (unpaired) electrons. The minimum absolute atomic E-state index is 0.192. The second kappa shape index (κ2) is 6.87. The van der Waals surface area contributed by atoms with Crippen LogP contribution >= 0.6 is 0 Å². The third kappa shape index (κ3) is 6.87. The monoisotopic (exact) mass is 133 g/mol. The number of rotatable bonds is 6. The first-order valence-electron chi connectivity index (χ1n) is 2.41. The van der Waals surface area contributed by atoms with Crippen LogP contribution in [0.25, 0.3) is 0 Å². The van der Waals surface area contributed by atoms with Crippen LogP contribution in [0.2, 0.25) is 0 Å². The Kier molecular flexibility index (Phi) is 6.01. The molecule has 0 aliphatic heterocycles. The van der Waals surface area contributed by atoms with Crippen LogP contribution < -0.4 is 0 Å². The maximum atomic E-state index is 9.49. The van der Waals surface area contributed by atoms with Crippen LogP contribution in [0.1, 0.15) is 6.42 Å². The highest BCUT2D eigenvalue weighted by Crippen LogP contribution is 1.82. The average molecular weight is 133 g/mol. The van der Waals surface area contributed by atoms with Gasteiger partial charge in [0.2, 0.25) is 0 Å². The topological polar surface area (TPSA) is 65.0 Å². The van der Waals surface area contributed by atoms with Gasteiger partial charge in [-0.2, -0.15) is 0 Å². The molecule has 0 aromatic rings. The summed E-state index contributed by atoms with van der Waals surface area (Å²) in [6.07, 6.45) is 0.491. The molecule has 0 saturated heterocycles. The zero-order chi connectivity index (χ0) is 6.95. The smallest absolute Gasteiger partial charge is 0.293 e. The summed E-state index contributed by atoms with van der Waals surface area (Å²) in [5, 5.41) is 2.14. The van der Waals surface area contributed by atoms with Crippen molar-refractivity contribution in [3.8, 4) is 0 Å². The van der Waals surface area contributed by atoms with E-state index in [1.807, 2.05) is 0 Å². The van der Waals surface area contributed by atoms with Crippen molar-refractivity contribution in [2.45, 2.75) is 6.42 Å². The summed E-state index contributed by atoms with van der Waals surface area (Å²) in [4.78, 5) is 22.8. The van der Waals surface area contributed by atoms with Gasteiger partial charge in [-0.15, -0.1) is 4.91 Å². The molecule has 9 heavy (non-hydrogen) atoms. The second-order valence-electron chi connectivity index (χ2n) is 1.23. The lowest BCUT2D eigenvalue weighted by Crippen LogP contribution is -1.95. The lowest BCUT2D eigenvalue weighted by molar-refractivity contribution is -0.129. The molecule has 0 aliphatic rings. The molecule has 0 atom stereocenters. The molecule has 0 heterocycles. The van der Waals surface area contributed by atoms with E-state index in [2.05, 4.69) is 14.9 Å². The highest BCUT2D eigenvalue weighted by atomic mass is 16.7. The molecule has 0 N–H and O–H groups in total. The van der Waals surface area contributed by atoms with Crippen LogP contribution in [-0.4, -0.2) is 19.7 Å². The molecule has 5 heteroatoms. The summed E-state index contributed by atoms with van der Waals surface area (Å²) in [5.74, 6) is 0. The van der Waals surface area contributed by atoms with Gasteiger partial charge in [-0.05, 0) is 0 Å². The van der Waals surface area contributed by atoms with Crippen molar-refractivity contribution in [1.29, 1.82) is 0 Å². The Morgan fingerprint density at radius 3 is 2.78 bits per heavy atom. The van der Waals surface area contributed by atoms with Crippen molar-refractivity contribution in [2.75, 3.05) is 13.2 Å². The van der Waals surface area contributed by atoms with E-state index in [0.717, 1.165) is 0 Å². The van der Waals surface area contributed by atoms with Crippen LogP contribution in [0.15, 0.2) is 5.34 Å². The second-order valence-corrected chi connectivity index (χ2v) is 1.23. The maximum absolute atomic E-state index is 9.49. The van der Waals surface area contributed by atoms with Gasteiger partial charge in [-0.1, -0.05) is 0 Å². The van der Waals surface area contributed by atoms with Crippen molar-refractivity contribution in [2.24, 2.45) is 5.34 Å². The van der Waals surface area contributed by atoms with Crippen LogP contribution in [0.4, 0.5) is 0 Å². The maximum Gasteiger partial charge on any atom is 0.293 e. The number of carbonyl (C=O) groups is 1. The van der Waals surface area contributed by atoms with Crippen molar-refractivity contribution in [3.63, 3.8) is 0 Å². The van der Waals surface area contributed by atoms with Gasteiger partial charge >= 0.3 is 0 Å². The number of carbonyl (C=O) groups excluding carboxylic acids is 1. The van der Waals surface area contributed by atoms with Gasteiger partial charge in [0.05, 0.1) is 6.61 Å². The Bertz CT molecular complexity index is 74.6. The summed E-state index contributed by atoms with van der Waals surface area (Å²) >= 11 is 0. The Morgan fingerprint density at radius 1 is 1.44 bits per heavy atom. The Balaban J connectivity index is 2.74. The van der Waals surface area contributed by atoms with E-state index in [4.69, 9.17) is 0 Å². The number of nitrogens with zero attached hydrogens (tertiary/aromatic N) is 1. The standard InChI is InChI=1S/C4H7NO4/c6-4-8-2-1-3-9-5-7/h4H,1-3H2. The molecule has 0 spiro atoms. The van der Waals surface area contributed by atoms with E-state index < -0.39 is 0 Å². The normalized spacial score (nSPS) is 8.00. The van der Waals surface area contributed by atoms with Gasteiger partial charge in [0, 0.05) is 6.42 Å². The summed E-state index contributed by atoms with van der Waals surface area (Å²) in [6.45, 7) is 0.796. The Hall–Kier alpha value is -1.13. The zero-order valence-corrected chi connectivity index (χ0v) is 4.78. The number of ether oxygens (including phenoxy) is 1. The van der Waals surface area contributed by atoms with Crippen LogP contribution in [0.3, 0.4) is 0 Å². The first kappa shape index (κ1) is 7.87. The molecular formula is C4H7NO4. The first-order valence-corrected chi connectivity index (χ1v) is 2.41. The molecule has 0 amide bonds. The molecule has 5 nitrogen and oxygen atoms in total. The first-order chi connectivity index (χ1) is 4.41. The summed E-state index contributed by atoms with van der Waals surface area (Å²) in [5.41, 5.74) is 0. The van der Waals surface area contributed by atoms with Crippen LogP contribution in [-0.2, 0) is 14.4 Å². The lowest BCUT2D eigenvalue weighted by Gasteiger charge is -1.93. The van der Waals surface area contributed by atoms with Crippen molar-refractivity contribution in [1.82, 2.24) is 0 Å². The predicted molar refractivity (Wildman–Crippen MR) is 28.4 cm³/mol. The summed E-state index contributed by atoms with van der Waals surface area (Å²) < 4.78 is 4.28. The minimum atomic E-state index is 0.192. The third-order valence-corrected chi connectivity index (χ3v) is 0.619. The van der Waals surface area contributed by atoms with Gasteiger partial charge in [-0.25, -0.2) is 0 Å². The average Bonchev–Trinajstić information content (AvgIpc) is 1.89.